The molecule has 4 nitrogen and oxygen atoms in total. The fraction of sp³-hybridized carbons (Fsp3) is 0.500. The van der Waals surface area contributed by atoms with Crippen LogP contribution >= 0.6 is 11.6 Å². The summed E-state index contributed by atoms with van der Waals surface area (Å²) in [5, 5.41) is 11.5. The molecule has 0 atom stereocenters. The van der Waals surface area contributed by atoms with Crippen LogP contribution in [-0.2, 0) is 4.74 Å². The molecule has 116 valence electrons. The standard InChI is InChI=1S/C14H16ClF2NO3/c15-10-8-11(16)9(7-12(10)17)13(20)18-14(1-4-19)2-5-21-6-3-14/h7-8,19H,1-6H2,(H,18,20). The second-order valence-corrected chi connectivity index (χ2v) is 5.47. The van der Waals surface area contributed by atoms with Crippen LogP contribution in [0.5, 0.6) is 0 Å². The second-order valence-electron chi connectivity index (χ2n) is 5.07. The van der Waals surface area contributed by atoms with E-state index in [0.29, 0.717) is 32.5 Å². The van der Waals surface area contributed by atoms with Gasteiger partial charge in [0.2, 0.25) is 0 Å². The van der Waals surface area contributed by atoms with Crippen molar-refractivity contribution in [3.8, 4) is 0 Å². The van der Waals surface area contributed by atoms with Crippen molar-refractivity contribution in [1.82, 2.24) is 5.32 Å². The number of aliphatic hydroxyl groups excluding tert-OH is 1. The summed E-state index contributed by atoms with van der Waals surface area (Å²) in [5.41, 5.74) is -1.06. The highest BCUT2D eigenvalue weighted by Crippen LogP contribution is 2.26. The number of benzene rings is 1. The predicted octanol–water partition coefficient (Wildman–Crippen LogP) is 2.28. The molecule has 1 heterocycles. The summed E-state index contributed by atoms with van der Waals surface area (Å²) < 4.78 is 32.4. The minimum absolute atomic E-state index is 0.113. The Morgan fingerprint density at radius 2 is 2.00 bits per heavy atom. The van der Waals surface area contributed by atoms with E-state index < -0.39 is 28.6 Å². The predicted molar refractivity (Wildman–Crippen MR) is 73.3 cm³/mol. The first-order valence-electron chi connectivity index (χ1n) is 6.63. The van der Waals surface area contributed by atoms with E-state index in [1.54, 1.807) is 0 Å². The molecule has 0 unspecified atom stereocenters. The Morgan fingerprint density at radius 3 is 2.62 bits per heavy atom. The Balaban J connectivity index is 2.21. The van der Waals surface area contributed by atoms with Gasteiger partial charge in [-0.2, -0.15) is 0 Å². The molecule has 2 N–H and O–H groups in total. The lowest BCUT2D eigenvalue weighted by Gasteiger charge is -2.37. The zero-order chi connectivity index (χ0) is 15.5. The lowest BCUT2D eigenvalue weighted by molar-refractivity contribution is 0.0266. The fourth-order valence-corrected chi connectivity index (χ4v) is 2.57. The molecule has 0 radical (unpaired) electrons. The molecule has 1 fully saturated rings. The highest BCUT2D eigenvalue weighted by atomic mass is 35.5. The zero-order valence-corrected chi connectivity index (χ0v) is 12.1. The maximum atomic E-state index is 13.8. The molecule has 0 aliphatic carbocycles. The van der Waals surface area contributed by atoms with E-state index in [-0.39, 0.29) is 11.6 Å². The molecule has 0 spiro atoms. The number of carbonyl (C=O) groups is 1. The van der Waals surface area contributed by atoms with Gasteiger partial charge in [-0.15, -0.1) is 0 Å². The number of ether oxygens (including phenoxy) is 1. The summed E-state index contributed by atoms with van der Waals surface area (Å²) in [5.74, 6) is -2.46. The lowest BCUT2D eigenvalue weighted by atomic mass is 9.86. The highest BCUT2D eigenvalue weighted by Gasteiger charge is 2.34. The van der Waals surface area contributed by atoms with E-state index in [4.69, 9.17) is 21.4 Å². The van der Waals surface area contributed by atoms with Crippen LogP contribution in [-0.4, -0.2) is 36.4 Å². The molecule has 1 aliphatic heterocycles. The molecule has 1 aromatic rings. The largest absolute Gasteiger partial charge is 0.396 e. The first-order chi connectivity index (χ1) is 9.97. The van der Waals surface area contributed by atoms with Crippen LogP contribution in [0.1, 0.15) is 29.6 Å². The Bertz CT molecular complexity index is 528. The van der Waals surface area contributed by atoms with Crippen molar-refractivity contribution in [2.75, 3.05) is 19.8 Å². The fourth-order valence-electron chi connectivity index (χ4n) is 2.42. The van der Waals surface area contributed by atoms with Gasteiger partial charge in [-0.05, 0) is 31.4 Å². The number of hydrogen-bond acceptors (Lipinski definition) is 3. The van der Waals surface area contributed by atoms with Crippen molar-refractivity contribution >= 4 is 17.5 Å². The van der Waals surface area contributed by atoms with Crippen molar-refractivity contribution < 1.29 is 23.4 Å². The van der Waals surface area contributed by atoms with Gasteiger partial charge in [0.1, 0.15) is 11.6 Å². The number of nitrogens with one attached hydrogen (secondary N) is 1. The highest BCUT2D eigenvalue weighted by molar-refractivity contribution is 6.30. The third-order valence-electron chi connectivity index (χ3n) is 3.67. The molecule has 0 saturated carbocycles. The molecule has 2 rings (SSSR count). The smallest absolute Gasteiger partial charge is 0.254 e. The molecule has 0 bridgehead atoms. The molecule has 21 heavy (non-hydrogen) atoms. The van der Waals surface area contributed by atoms with Crippen LogP contribution in [0.4, 0.5) is 8.78 Å². The normalized spacial score (nSPS) is 17.5. The van der Waals surface area contributed by atoms with Crippen molar-refractivity contribution in [1.29, 1.82) is 0 Å². The van der Waals surface area contributed by atoms with Crippen molar-refractivity contribution in [3.05, 3.63) is 34.4 Å². The van der Waals surface area contributed by atoms with Crippen molar-refractivity contribution in [2.24, 2.45) is 0 Å². The SMILES string of the molecule is O=C(NC1(CCO)CCOCC1)c1cc(F)c(Cl)cc1F. The molecular weight excluding hydrogens is 304 g/mol. The van der Waals surface area contributed by atoms with E-state index >= 15 is 0 Å². The summed E-state index contributed by atoms with van der Waals surface area (Å²) in [6.45, 7) is 0.771. The third-order valence-corrected chi connectivity index (χ3v) is 3.96. The van der Waals surface area contributed by atoms with Gasteiger partial charge in [-0.25, -0.2) is 8.78 Å². The van der Waals surface area contributed by atoms with Gasteiger partial charge in [-0.1, -0.05) is 11.6 Å². The first-order valence-corrected chi connectivity index (χ1v) is 7.01. The van der Waals surface area contributed by atoms with Gasteiger partial charge in [0, 0.05) is 25.4 Å². The van der Waals surface area contributed by atoms with E-state index in [2.05, 4.69) is 5.32 Å². The van der Waals surface area contributed by atoms with Crippen molar-refractivity contribution in [3.63, 3.8) is 0 Å². The molecule has 7 heteroatoms. The van der Waals surface area contributed by atoms with Gasteiger partial charge in [-0.3, -0.25) is 4.79 Å². The van der Waals surface area contributed by atoms with Crippen LogP contribution in [0.3, 0.4) is 0 Å². The van der Waals surface area contributed by atoms with Crippen LogP contribution in [0.15, 0.2) is 12.1 Å². The van der Waals surface area contributed by atoms with Gasteiger partial charge in [0.25, 0.3) is 5.91 Å². The van der Waals surface area contributed by atoms with Crippen LogP contribution in [0, 0.1) is 11.6 Å². The molecule has 1 aromatic carbocycles. The average molecular weight is 320 g/mol. The number of carbonyl (C=O) groups excluding carboxylic acids is 1. The molecule has 1 amide bonds. The van der Waals surface area contributed by atoms with E-state index in [9.17, 15) is 13.6 Å². The zero-order valence-electron chi connectivity index (χ0n) is 11.3. The van der Waals surface area contributed by atoms with E-state index in [1.165, 1.54) is 0 Å². The van der Waals surface area contributed by atoms with E-state index in [1.807, 2.05) is 0 Å². The van der Waals surface area contributed by atoms with Crippen LogP contribution in [0.25, 0.3) is 0 Å². The number of hydrogen-bond donors (Lipinski definition) is 2. The minimum atomic E-state index is -0.884. The molecule has 1 saturated heterocycles. The summed E-state index contributed by atoms with van der Waals surface area (Å²) in [4.78, 5) is 12.2. The van der Waals surface area contributed by atoms with Gasteiger partial charge < -0.3 is 15.2 Å². The lowest BCUT2D eigenvalue weighted by Crippen LogP contribution is -2.52. The number of aliphatic hydroxyl groups is 1. The summed E-state index contributed by atoms with van der Waals surface area (Å²) in [6, 6.07) is 1.55. The summed E-state index contributed by atoms with van der Waals surface area (Å²) >= 11 is 5.46. The van der Waals surface area contributed by atoms with Crippen molar-refractivity contribution in [2.45, 2.75) is 24.8 Å². The first kappa shape index (κ1) is 16.1. The van der Waals surface area contributed by atoms with Gasteiger partial charge >= 0.3 is 0 Å². The number of amides is 1. The molecule has 0 aromatic heterocycles. The minimum Gasteiger partial charge on any atom is -0.396 e. The number of halogens is 3. The van der Waals surface area contributed by atoms with E-state index in [0.717, 1.165) is 12.1 Å². The Morgan fingerprint density at radius 1 is 1.33 bits per heavy atom. The van der Waals surface area contributed by atoms with Crippen LogP contribution in [0.2, 0.25) is 5.02 Å². The average Bonchev–Trinajstić information content (AvgIpc) is 2.44. The monoisotopic (exact) mass is 319 g/mol. The quantitative estimate of drug-likeness (QED) is 0.837. The molecule has 1 aliphatic rings. The Hall–Kier alpha value is -1.24. The van der Waals surface area contributed by atoms with Gasteiger partial charge in [0.05, 0.1) is 10.6 Å². The van der Waals surface area contributed by atoms with Crippen LogP contribution < -0.4 is 5.32 Å². The third kappa shape index (κ3) is 3.70. The summed E-state index contributed by atoms with van der Waals surface area (Å²) in [7, 11) is 0. The Labute approximate surface area is 126 Å². The molecular formula is C14H16ClF2NO3. The maximum absolute atomic E-state index is 13.8. The topological polar surface area (TPSA) is 58.6 Å². The van der Waals surface area contributed by atoms with Gasteiger partial charge in [0.15, 0.2) is 0 Å². The summed E-state index contributed by atoms with van der Waals surface area (Å²) in [6.07, 6.45) is 1.35. The number of rotatable bonds is 4. The second kappa shape index (κ2) is 6.68. The Kier molecular flexibility index (Phi) is 5.13. The maximum Gasteiger partial charge on any atom is 0.254 e.